The summed E-state index contributed by atoms with van der Waals surface area (Å²) < 4.78 is 1.53. The molecule has 0 radical (unpaired) electrons. The Morgan fingerprint density at radius 1 is 1.05 bits per heavy atom. The van der Waals surface area contributed by atoms with Crippen molar-refractivity contribution in [1.82, 2.24) is 20.3 Å². The lowest BCUT2D eigenvalue weighted by molar-refractivity contribution is -0.128. The normalized spacial score (nSPS) is 12.2. The summed E-state index contributed by atoms with van der Waals surface area (Å²) in [5.74, 6) is -0.744. The van der Waals surface area contributed by atoms with E-state index >= 15 is 0 Å². The Balaban J connectivity index is 1.76. The number of hydrogen-bond donors (Lipinski definition) is 2. The van der Waals surface area contributed by atoms with Crippen LogP contribution in [0.5, 0.6) is 0 Å². The van der Waals surface area contributed by atoms with Gasteiger partial charge in [-0.1, -0.05) is 24.3 Å². The lowest BCUT2D eigenvalue weighted by atomic mass is 10.0. The van der Waals surface area contributed by atoms with Gasteiger partial charge in [0, 0.05) is 23.3 Å². The van der Waals surface area contributed by atoms with Crippen LogP contribution in [-0.2, 0) is 20.9 Å². The second-order valence-corrected chi connectivity index (χ2v) is 10.4. The fourth-order valence-electron chi connectivity index (χ4n) is 3.92. The van der Waals surface area contributed by atoms with E-state index in [9.17, 15) is 14.4 Å². The summed E-state index contributed by atoms with van der Waals surface area (Å²) in [5, 5.41) is 17.9. The van der Waals surface area contributed by atoms with E-state index in [-0.39, 0.29) is 24.3 Å². The van der Waals surface area contributed by atoms with Gasteiger partial charge in [0.1, 0.15) is 18.1 Å². The van der Waals surface area contributed by atoms with Gasteiger partial charge in [0.2, 0.25) is 17.7 Å². The number of rotatable bonds is 8. The topological polar surface area (TPSA) is 109 Å². The maximum atomic E-state index is 14.0. The number of nitrogens with zero attached hydrogens (tertiary/aromatic N) is 4. The van der Waals surface area contributed by atoms with Gasteiger partial charge in [0.15, 0.2) is 0 Å². The first kappa shape index (κ1) is 26.0. The summed E-state index contributed by atoms with van der Waals surface area (Å²) in [5.41, 5.74) is 2.72. The molecule has 192 valence electrons. The second-order valence-electron chi connectivity index (χ2n) is 9.65. The van der Waals surface area contributed by atoms with Crippen LogP contribution in [0.25, 0.3) is 11.0 Å². The van der Waals surface area contributed by atoms with E-state index in [2.05, 4.69) is 20.9 Å². The number of carbonyl (C=O) groups excluding carboxylic acids is 3. The molecule has 2 aromatic heterocycles. The van der Waals surface area contributed by atoms with Gasteiger partial charge in [-0.05, 0) is 79.6 Å². The first-order chi connectivity index (χ1) is 17.7. The number of para-hydroxylation sites is 1. The van der Waals surface area contributed by atoms with E-state index in [1.165, 1.54) is 20.9 Å². The number of amides is 3. The fraction of sp³-hybridized carbons (Fsp3) is 0.296. The van der Waals surface area contributed by atoms with Gasteiger partial charge in [-0.2, -0.15) is 11.3 Å². The number of aromatic nitrogens is 3. The van der Waals surface area contributed by atoms with Crippen LogP contribution in [0.3, 0.4) is 0 Å². The summed E-state index contributed by atoms with van der Waals surface area (Å²) in [6.07, 6.45) is 0.353. The first-order valence-corrected chi connectivity index (χ1v) is 12.9. The summed E-state index contributed by atoms with van der Waals surface area (Å²) in [7, 11) is 0. The number of nitrogens with one attached hydrogen (secondary N) is 2. The monoisotopic (exact) mass is 518 g/mol. The van der Waals surface area contributed by atoms with Crippen molar-refractivity contribution in [2.45, 2.75) is 52.2 Å². The van der Waals surface area contributed by atoms with E-state index in [4.69, 9.17) is 0 Å². The molecule has 37 heavy (non-hydrogen) atoms. The molecule has 4 aromatic rings. The van der Waals surface area contributed by atoms with Crippen molar-refractivity contribution < 1.29 is 14.4 Å². The first-order valence-electron chi connectivity index (χ1n) is 12.0. The van der Waals surface area contributed by atoms with E-state index < -0.39 is 11.6 Å². The van der Waals surface area contributed by atoms with Crippen LogP contribution >= 0.6 is 11.3 Å². The maximum Gasteiger partial charge on any atom is 0.249 e. The lowest BCUT2D eigenvalue weighted by Gasteiger charge is -2.33. The Hall–Kier alpha value is -4.05. The SMILES string of the molecule is CCC(=O)Nc1ccc(N(C(=O)Cn2nnc3ccccc32)C(C(=O)NC(C)(C)C)c2ccsc2)cc1. The van der Waals surface area contributed by atoms with Crippen LogP contribution in [-0.4, -0.2) is 38.3 Å². The van der Waals surface area contributed by atoms with Crippen LogP contribution in [0.1, 0.15) is 45.7 Å². The largest absolute Gasteiger partial charge is 0.349 e. The number of thiophene rings is 1. The van der Waals surface area contributed by atoms with Crippen molar-refractivity contribution in [3.8, 4) is 0 Å². The zero-order valence-corrected chi connectivity index (χ0v) is 22.1. The van der Waals surface area contributed by atoms with Crippen LogP contribution in [0.15, 0.2) is 65.4 Å². The van der Waals surface area contributed by atoms with Gasteiger partial charge in [-0.15, -0.1) is 5.10 Å². The van der Waals surface area contributed by atoms with Gasteiger partial charge >= 0.3 is 0 Å². The molecule has 0 aliphatic rings. The van der Waals surface area contributed by atoms with Crippen LogP contribution in [0, 0.1) is 0 Å². The molecule has 0 spiro atoms. The van der Waals surface area contributed by atoms with Crippen molar-refractivity contribution in [2.75, 3.05) is 10.2 Å². The zero-order valence-electron chi connectivity index (χ0n) is 21.3. The zero-order chi connectivity index (χ0) is 26.6. The third-order valence-corrected chi connectivity index (χ3v) is 6.29. The third kappa shape index (κ3) is 6.21. The quantitative estimate of drug-likeness (QED) is 0.356. The molecule has 1 atom stereocenters. The Labute approximate surface area is 219 Å². The molecule has 0 saturated carbocycles. The van der Waals surface area contributed by atoms with Crippen molar-refractivity contribution in [3.63, 3.8) is 0 Å². The molecule has 0 aliphatic heterocycles. The van der Waals surface area contributed by atoms with Crippen molar-refractivity contribution in [1.29, 1.82) is 0 Å². The smallest absolute Gasteiger partial charge is 0.249 e. The van der Waals surface area contributed by atoms with Crippen molar-refractivity contribution in [2.24, 2.45) is 0 Å². The highest BCUT2D eigenvalue weighted by molar-refractivity contribution is 7.08. The summed E-state index contributed by atoms with van der Waals surface area (Å²) in [6, 6.07) is 15.2. The number of carbonyl (C=O) groups is 3. The van der Waals surface area contributed by atoms with Crippen LogP contribution in [0.4, 0.5) is 11.4 Å². The van der Waals surface area contributed by atoms with Gasteiger partial charge in [0.05, 0.1) is 5.52 Å². The van der Waals surface area contributed by atoms with E-state index in [1.54, 1.807) is 31.2 Å². The molecule has 10 heteroatoms. The maximum absolute atomic E-state index is 14.0. The third-order valence-electron chi connectivity index (χ3n) is 5.59. The molecular formula is C27H30N6O3S. The number of anilines is 2. The Kier molecular flexibility index (Phi) is 7.68. The molecule has 4 rings (SSSR count). The second kappa shape index (κ2) is 10.9. The highest BCUT2D eigenvalue weighted by Gasteiger charge is 2.35. The molecule has 3 amide bonds. The van der Waals surface area contributed by atoms with E-state index in [0.717, 1.165) is 5.52 Å². The van der Waals surface area contributed by atoms with Gasteiger partial charge in [-0.3, -0.25) is 19.3 Å². The minimum Gasteiger partial charge on any atom is -0.349 e. The Morgan fingerprint density at radius 2 is 1.78 bits per heavy atom. The number of benzene rings is 2. The molecule has 0 bridgehead atoms. The molecule has 2 N–H and O–H groups in total. The minimum absolute atomic E-state index is 0.112. The average molecular weight is 519 g/mol. The van der Waals surface area contributed by atoms with E-state index in [1.807, 2.05) is 61.9 Å². The Bertz CT molecular complexity index is 1390. The minimum atomic E-state index is -0.913. The van der Waals surface area contributed by atoms with Gasteiger partial charge in [-0.25, -0.2) is 4.68 Å². The predicted molar refractivity (Wildman–Crippen MR) is 145 cm³/mol. The van der Waals surface area contributed by atoms with Crippen LogP contribution in [0.2, 0.25) is 0 Å². The lowest BCUT2D eigenvalue weighted by Crippen LogP contribution is -2.50. The molecule has 9 nitrogen and oxygen atoms in total. The summed E-state index contributed by atoms with van der Waals surface area (Å²) in [6.45, 7) is 7.35. The molecular weight excluding hydrogens is 488 g/mol. The predicted octanol–water partition coefficient (Wildman–Crippen LogP) is 4.53. The average Bonchev–Trinajstić information content (AvgIpc) is 3.52. The molecule has 2 aromatic carbocycles. The molecule has 0 aliphatic carbocycles. The van der Waals surface area contributed by atoms with Gasteiger partial charge in [0.25, 0.3) is 0 Å². The van der Waals surface area contributed by atoms with Gasteiger partial charge < -0.3 is 10.6 Å². The Morgan fingerprint density at radius 3 is 2.43 bits per heavy atom. The standard InChI is InChI=1S/C27H30N6O3S/c1-5-23(34)28-19-10-12-20(13-11-19)33(24(35)16-32-22-9-7-6-8-21(22)30-31-32)25(18-14-15-37-17-18)26(36)29-27(2,3)4/h6-15,17,25H,5,16H2,1-4H3,(H,28,34)(H,29,36). The number of fused-ring (bicyclic) bond motifs is 1. The highest BCUT2D eigenvalue weighted by atomic mass is 32.1. The molecule has 0 saturated heterocycles. The highest BCUT2D eigenvalue weighted by Crippen LogP contribution is 2.31. The van der Waals surface area contributed by atoms with Crippen molar-refractivity contribution >= 4 is 51.5 Å². The molecule has 1 unspecified atom stereocenters. The summed E-state index contributed by atoms with van der Waals surface area (Å²) in [4.78, 5) is 40.9. The fourth-order valence-corrected chi connectivity index (χ4v) is 4.60. The van der Waals surface area contributed by atoms with E-state index in [0.29, 0.717) is 28.9 Å². The molecule has 0 fully saturated rings. The molecule has 2 heterocycles. The summed E-state index contributed by atoms with van der Waals surface area (Å²) >= 11 is 1.45. The number of hydrogen-bond acceptors (Lipinski definition) is 6. The van der Waals surface area contributed by atoms with Crippen LogP contribution < -0.4 is 15.5 Å². The van der Waals surface area contributed by atoms with Crippen molar-refractivity contribution in [3.05, 3.63) is 70.9 Å².